The highest BCUT2D eigenvalue weighted by atomic mass is 32.2. The molecule has 1 aromatic heterocycles. The van der Waals surface area contributed by atoms with E-state index in [4.69, 9.17) is 0 Å². The Morgan fingerprint density at radius 3 is 2.84 bits per heavy atom. The lowest BCUT2D eigenvalue weighted by molar-refractivity contribution is 0.596. The van der Waals surface area contributed by atoms with Crippen molar-refractivity contribution in [2.75, 3.05) is 12.8 Å². The average molecular weight is 280 g/mol. The molecule has 0 aliphatic carbocycles. The molecule has 0 aliphatic rings. The molecule has 1 atom stereocenters. The summed E-state index contributed by atoms with van der Waals surface area (Å²) < 4.78 is 15.2. The van der Waals surface area contributed by atoms with Crippen LogP contribution in [0.3, 0.4) is 0 Å². The van der Waals surface area contributed by atoms with Gasteiger partial charge in [-0.3, -0.25) is 4.68 Å². The highest BCUT2D eigenvalue weighted by Gasteiger charge is 2.11. The van der Waals surface area contributed by atoms with Crippen molar-refractivity contribution in [3.8, 4) is 0 Å². The normalized spacial score (nSPS) is 12.6. The minimum atomic E-state index is -0.165. The van der Waals surface area contributed by atoms with Gasteiger partial charge < -0.3 is 5.32 Å². The zero-order valence-electron chi connectivity index (χ0n) is 11.0. The van der Waals surface area contributed by atoms with Crippen LogP contribution in [0.5, 0.6) is 0 Å². The van der Waals surface area contributed by atoms with Gasteiger partial charge in [0, 0.05) is 36.4 Å². The number of likely N-dealkylation sites (N-methyl/N-ethyl adjacent to an activating group) is 1. The third kappa shape index (κ3) is 4.04. The number of benzene rings is 1. The molecule has 2 aromatic rings. The molecule has 0 aliphatic heterocycles. The van der Waals surface area contributed by atoms with Gasteiger partial charge in [-0.2, -0.15) is 0 Å². The quantitative estimate of drug-likeness (QED) is 0.820. The number of hydrogen-bond donors (Lipinski definition) is 1. The number of aryl methyl sites for hydroxylation is 1. The molecule has 2 rings (SSSR count). The zero-order chi connectivity index (χ0) is 13.7. The van der Waals surface area contributed by atoms with Gasteiger partial charge in [0.1, 0.15) is 5.82 Å². The number of hydrogen-bond acceptors (Lipinski definition) is 4. The Bertz CT molecular complexity index is 529. The summed E-state index contributed by atoms with van der Waals surface area (Å²) in [6, 6.07) is 7.08. The van der Waals surface area contributed by atoms with Gasteiger partial charge in [0.05, 0.1) is 5.69 Å². The molecule has 1 unspecified atom stereocenters. The molecule has 19 heavy (non-hydrogen) atoms. The van der Waals surface area contributed by atoms with E-state index in [1.165, 1.54) is 17.8 Å². The van der Waals surface area contributed by atoms with Crippen LogP contribution < -0.4 is 5.32 Å². The lowest BCUT2D eigenvalue weighted by Gasteiger charge is -2.14. The van der Waals surface area contributed by atoms with Crippen LogP contribution in [0, 0.1) is 5.82 Å². The van der Waals surface area contributed by atoms with Crippen LogP contribution in [0.4, 0.5) is 4.39 Å². The summed E-state index contributed by atoms with van der Waals surface area (Å²) in [5.74, 6) is 0.621. The first kappa shape index (κ1) is 14.0. The van der Waals surface area contributed by atoms with E-state index in [1.807, 2.05) is 26.4 Å². The predicted molar refractivity (Wildman–Crippen MR) is 74.7 cm³/mol. The number of thioether (sulfide) groups is 1. The van der Waals surface area contributed by atoms with E-state index >= 15 is 0 Å². The molecule has 0 saturated carbocycles. The van der Waals surface area contributed by atoms with Gasteiger partial charge in [-0.1, -0.05) is 17.3 Å². The molecule has 1 heterocycles. The monoisotopic (exact) mass is 280 g/mol. The van der Waals surface area contributed by atoms with Crippen LogP contribution in [0.1, 0.15) is 5.69 Å². The van der Waals surface area contributed by atoms with E-state index in [0.717, 1.165) is 17.9 Å². The van der Waals surface area contributed by atoms with E-state index in [0.29, 0.717) is 4.90 Å². The molecule has 4 nitrogen and oxygen atoms in total. The fourth-order valence-corrected chi connectivity index (χ4v) is 2.78. The number of halogens is 1. The molecule has 0 bridgehead atoms. The van der Waals surface area contributed by atoms with Gasteiger partial charge in [0.15, 0.2) is 0 Å². The summed E-state index contributed by atoms with van der Waals surface area (Å²) in [7, 11) is 3.75. The lowest BCUT2D eigenvalue weighted by atomic mass is 10.2. The molecule has 0 fully saturated rings. The molecule has 1 aromatic carbocycles. The summed E-state index contributed by atoms with van der Waals surface area (Å²) in [5, 5.41) is 11.2. The van der Waals surface area contributed by atoms with E-state index in [9.17, 15) is 4.39 Å². The Morgan fingerprint density at radius 2 is 2.21 bits per heavy atom. The van der Waals surface area contributed by atoms with Crippen LogP contribution in [0.15, 0.2) is 35.4 Å². The topological polar surface area (TPSA) is 42.7 Å². The van der Waals surface area contributed by atoms with Crippen LogP contribution in [-0.2, 0) is 13.5 Å². The molecule has 0 radical (unpaired) electrons. The van der Waals surface area contributed by atoms with Crippen molar-refractivity contribution in [3.63, 3.8) is 0 Å². The van der Waals surface area contributed by atoms with E-state index in [-0.39, 0.29) is 11.9 Å². The summed E-state index contributed by atoms with van der Waals surface area (Å²) >= 11 is 1.51. The summed E-state index contributed by atoms with van der Waals surface area (Å²) in [5.41, 5.74) is 0.941. The van der Waals surface area contributed by atoms with Gasteiger partial charge >= 0.3 is 0 Å². The molecule has 1 N–H and O–H groups in total. The molecule has 0 saturated heterocycles. The van der Waals surface area contributed by atoms with Gasteiger partial charge in [-0.25, -0.2) is 4.39 Å². The molecular formula is C13H17FN4S. The second-order valence-electron chi connectivity index (χ2n) is 4.31. The van der Waals surface area contributed by atoms with E-state index in [1.54, 1.807) is 16.8 Å². The Morgan fingerprint density at radius 1 is 1.42 bits per heavy atom. The zero-order valence-corrected chi connectivity index (χ0v) is 11.8. The van der Waals surface area contributed by atoms with Crippen molar-refractivity contribution in [2.45, 2.75) is 17.4 Å². The molecule has 6 heteroatoms. The fraction of sp³-hybridized carbons (Fsp3) is 0.385. The molecule has 0 spiro atoms. The van der Waals surface area contributed by atoms with Crippen molar-refractivity contribution in [1.82, 2.24) is 20.3 Å². The average Bonchev–Trinajstić information content (AvgIpc) is 2.81. The van der Waals surface area contributed by atoms with Crippen LogP contribution in [0.25, 0.3) is 0 Å². The maximum Gasteiger partial charge on any atom is 0.136 e. The summed E-state index contributed by atoms with van der Waals surface area (Å²) in [6.45, 7) is 0. The van der Waals surface area contributed by atoms with Crippen molar-refractivity contribution in [1.29, 1.82) is 0 Å². The minimum Gasteiger partial charge on any atom is -0.316 e. The Balaban J connectivity index is 1.91. The maximum absolute atomic E-state index is 13.5. The Hall–Kier alpha value is -1.40. The van der Waals surface area contributed by atoms with E-state index in [2.05, 4.69) is 15.6 Å². The molecule has 102 valence electrons. The third-order valence-electron chi connectivity index (χ3n) is 2.79. The number of aromatic nitrogens is 3. The fourth-order valence-electron chi connectivity index (χ4n) is 1.74. The highest BCUT2D eigenvalue weighted by Crippen LogP contribution is 2.22. The van der Waals surface area contributed by atoms with Gasteiger partial charge in [0.2, 0.25) is 0 Å². The number of rotatable bonds is 6. The van der Waals surface area contributed by atoms with Crippen molar-refractivity contribution in [2.24, 2.45) is 7.05 Å². The van der Waals surface area contributed by atoms with Crippen molar-refractivity contribution < 1.29 is 4.39 Å². The maximum atomic E-state index is 13.5. The third-order valence-corrected chi connectivity index (χ3v) is 4.00. The molecular weight excluding hydrogens is 263 g/mol. The second kappa shape index (κ2) is 6.68. The van der Waals surface area contributed by atoms with Crippen LogP contribution in [-0.4, -0.2) is 33.8 Å². The first-order valence-electron chi connectivity index (χ1n) is 6.09. The smallest absolute Gasteiger partial charge is 0.136 e. The van der Waals surface area contributed by atoms with Crippen molar-refractivity contribution >= 4 is 11.8 Å². The highest BCUT2D eigenvalue weighted by molar-refractivity contribution is 7.99. The number of nitrogens with one attached hydrogen (secondary N) is 1. The first-order valence-corrected chi connectivity index (χ1v) is 7.07. The summed E-state index contributed by atoms with van der Waals surface area (Å²) in [4.78, 5) is 0.682. The Labute approximate surface area is 116 Å². The SMILES string of the molecule is CNC(CSc1ccccc1F)Cc1cn(C)nn1. The standard InChI is InChI=1S/C13H17FN4S/c1-15-11(7-10-8-18(2)17-16-10)9-19-13-6-4-3-5-12(13)14/h3-6,8,11,15H,7,9H2,1-2H3. The van der Waals surface area contributed by atoms with Crippen LogP contribution in [0.2, 0.25) is 0 Å². The van der Waals surface area contributed by atoms with Gasteiger partial charge in [-0.15, -0.1) is 16.9 Å². The summed E-state index contributed by atoms with van der Waals surface area (Å²) in [6.07, 6.45) is 2.68. The largest absolute Gasteiger partial charge is 0.316 e. The lowest BCUT2D eigenvalue weighted by Crippen LogP contribution is -2.30. The minimum absolute atomic E-state index is 0.165. The van der Waals surface area contributed by atoms with Crippen molar-refractivity contribution in [3.05, 3.63) is 42.0 Å². The first-order chi connectivity index (χ1) is 9.19. The predicted octanol–water partition coefficient (Wildman–Crippen LogP) is 1.88. The van der Waals surface area contributed by atoms with Gasteiger partial charge in [-0.05, 0) is 19.2 Å². The van der Waals surface area contributed by atoms with Crippen LogP contribution >= 0.6 is 11.8 Å². The molecule has 0 amide bonds. The Kier molecular flexibility index (Phi) is 4.93. The van der Waals surface area contributed by atoms with E-state index < -0.39 is 0 Å². The second-order valence-corrected chi connectivity index (χ2v) is 5.38. The number of nitrogens with zero attached hydrogens (tertiary/aromatic N) is 3. The van der Waals surface area contributed by atoms with Gasteiger partial charge in [0.25, 0.3) is 0 Å².